The Labute approximate surface area is 136 Å². The second-order valence-corrected chi connectivity index (χ2v) is 6.98. The highest BCUT2D eigenvalue weighted by Crippen LogP contribution is 2.23. The van der Waals surface area contributed by atoms with E-state index in [2.05, 4.69) is 30.7 Å². The summed E-state index contributed by atoms with van der Waals surface area (Å²) in [6.45, 7) is 6.49. The number of nitrogens with zero attached hydrogens (tertiary/aromatic N) is 1. The highest BCUT2D eigenvalue weighted by atomic mass is 16.1. The number of benzene rings is 2. The number of hydrogen-bond donors (Lipinski definition) is 1. The van der Waals surface area contributed by atoms with Crippen LogP contribution in [0.25, 0.3) is 10.9 Å². The Morgan fingerprint density at radius 2 is 1.70 bits per heavy atom. The van der Waals surface area contributed by atoms with Gasteiger partial charge < -0.3 is 9.88 Å². The fourth-order valence-electron chi connectivity index (χ4n) is 2.68. The van der Waals surface area contributed by atoms with E-state index in [1.165, 1.54) is 5.56 Å². The molecule has 118 valence electrons. The summed E-state index contributed by atoms with van der Waals surface area (Å²) < 4.78 is 2.06. The average molecular weight is 306 g/mol. The van der Waals surface area contributed by atoms with E-state index < -0.39 is 0 Å². The van der Waals surface area contributed by atoms with Gasteiger partial charge in [0.25, 0.3) is 5.91 Å². The van der Waals surface area contributed by atoms with Crippen molar-refractivity contribution in [3.8, 4) is 0 Å². The molecule has 1 heterocycles. The van der Waals surface area contributed by atoms with Crippen LogP contribution >= 0.6 is 0 Å². The lowest BCUT2D eigenvalue weighted by Gasteiger charge is -2.19. The van der Waals surface area contributed by atoms with E-state index in [0.717, 1.165) is 16.6 Å². The number of carbonyl (C=O) groups excluding carboxylic acids is 1. The summed E-state index contributed by atoms with van der Waals surface area (Å²) in [5.41, 5.74) is 3.95. The van der Waals surface area contributed by atoms with Crippen LogP contribution in [0.1, 0.15) is 36.7 Å². The van der Waals surface area contributed by atoms with E-state index in [1.54, 1.807) is 0 Å². The lowest BCUT2D eigenvalue weighted by molar-refractivity contribution is 0.102. The lowest BCUT2D eigenvalue weighted by atomic mass is 9.87. The topological polar surface area (TPSA) is 34.0 Å². The zero-order chi connectivity index (χ0) is 16.6. The van der Waals surface area contributed by atoms with Crippen molar-refractivity contribution in [3.63, 3.8) is 0 Å². The summed E-state index contributed by atoms with van der Waals surface area (Å²) in [7, 11) is 2.01. The highest BCUT2D eigenvalue weighted by molar-refractivity contribution is 6.05. The van der Waals surface area contributed by atoms with Crippen molar-refractivity contribution in [3.05, 3.63) is 65.9 Å². The van der Waals surface area contributed by atoms with Gasteiger partial charge in [0.2, 0.25) is 0 Å². The highest BCUT2D eigenvalue weighted by Gasteiger charge is 2.14. The van der Waals surface area contributed by atoms with E-state index in [-0.39, 0.29) is 11.3 Å². The standard InChI is InChI=1S/C20H22N2O/c1-20(2,3)16-7-5-14(6-8-16)19(23)21-17-9-10-18-15(13-17)11-12-22(18)4/h5-13H,1-4H3,(H,21,23). The Morgan fingerprint density at radius 1 is 1.00 bits per heavy atom. The van der Waals surface area contributed by atoms with Gasteiger partial charge in [0.05, 0.1) is 0 Å². The second-order valence-electron chi connectivity index (χ2n) is 6.98. The first kappa shape index (κ1) is 15.3. The van der Waals surface area contributed by atoms with Crippen LogP contribution in [0.2, 0.25) is 0 Å². The molecule has 1 amide bonds. The Balaban J connectivity index is 1.80. The van der Waals surface area contributed by atoms with Crippen molar-refractivity contribution in [1.82, 2.24) is 4.57 Å². The molecule has 1 aromatic heterocycles. The molecule has 0 radical (unpaired) electrons. The fraction of sp³-hybridized carbons (Fsp3) is 0.250. The second kappa shape index (κ2) is 5.58. The van der Waals surface area contributed by atoms with Crippen molar-refractivity contribution in [2.45, 2.75) is 26.2 Å². The maximum atomic E-state index is 12.4. The predicted molar refractivity (Wildman–Crippen MR) is 96.0 cm³/mol. The van der Waals surface area contributed by atoms with Crippen LogP contribution in [0.5, 0.6) is 0 Å². The zero-order valence-electron chi connectivity index (χ0n) is 14.1. The Kier molecular flexibility index (Phi) is 3.72. The van der Waals surface area contributed by atoms with Crippen LogP contribution in [0.15, 0.2) is 54.7 Å². The normalized spacial score (nSPS) is 11.7. The quantitative estimate of drug-likeness (QED) is 0.730. The molecule has 3 nitrogen and oxygen atoms in total. The van der Waals surface area contributed by atoms with E-state index in [4.69, 9.17) is 0 Å². The van der Waals surface area contributed by atoms with Gasteiger partial charge in [0.15, 0.2) is 0 Å². The number of anilines is 1. The molecule has 2 aromatic carbocycles. The number of hydrogen-bond acceptors (Lipinski definition) is 1. The fourth-order valence-corrected chi connectivity index (χ4v) is 2.68. The summed E-state index contributed by atoms with van der Waals surface area (Å²) in [6, 6.07) is 15.8. The van der Waals surface area contributed by atoms with Crippen LogP contribution in [0.3, 0.4) is 0 Å². The van der Waals surface area contributed by atoms with Crippen molar-refractivity contribution < 1.29 is 4.79 Å². The van der Waals surface area contributed by atoms with Crippen LogP contribution < -0.4 is 5.32 Å². The molecule has 3 heteroatoms. The van der Waals surface area contributed by atoms with Crippen LogP contribution in [0, 0.1) is 0 Å². The molecular weight excluding hydrogens is 284 g/mol. The molecule has 0 fully saturated rings. The van der Waals surface area contributed by atoms with Gasteiger partial charge in [-0.1, -0.05) is 32.9 Å². The summed E-state index contributed by atoms with van der Waals surface area (Å²) in [4.78, 5) is 12.4. The molecular formula is C20H22N2O. The number of amides is 1. The largest absolute Gasteiger partial charge is 0.351 e. The lowest BCUT2D eigenvalue weighted by Crippen LogP contribution is -2.14. The number of nitrogens with one attached hydrogen (secondary N) is 1. The molecule has 23 heavy (non-hydrogen) atoms. The van der Waals surface area contributed by atoms with E-state index in [1.807, 2.05) is 61.8 Å². The minimum atomic E-state index is -0.0826. The number of aryl methyl sites for hydroxylation is 1. The smallest absolute Gasteiger partial charge is 0.255 e. The molecule has 0 unspecified atom stereocenters. The van der Waals surface area contributed by atoms with Gasteiger partial charge in [-0.3, -0.25) is 4.79 Å². The minimum absolute atomic E-state index is 0.0826. The molecule has 0 aliphatic rings. The van der Waals surface area contributed by atoms with E-state index in [0.29, 0.717) is 5.56 Å². The van der Waals surface area contributed by atoms with Gasteiger partial charge in [-0.25, -0.2) is 0 Å². The number of rotatable bonds is 2. The van der Waals surface area contributed by atoms with E-state index in [9.17, 15) is 4.79 Å². The maximum Gasteiger partial charge on any atom is 0.255 e. The molecule has 0 bridgehead atoms. The Morgan fingerprint density at radius 3 is 2.35 bits per heavy atom. The van der Waals surface area contributed by atoms with Crippen molar-refractivity contribution in [2.24, 2.45) is 7.05 Å². The molecule has 0 aliphatic heterocycles. The number of fused-ring (bicyclic) bond motifs is 1. The molecule has 0 atom stereocenters. The summed E-state index contributed by atoms with van der Waals surface area (Å²) in [6.07, 6.45) is 2.02. The Hall–Kier alpha value is -2.55. The molecule has 3 rings (SSSR count). The third kappa shape index (κ3) is 3.14. The van der Waals surface area contributed by atoms with Gasteiger partial charge >= 0.3 is 0 Å². The van der Waals surface area contributed by atoms with Gasteiger partial charge in [-0.05, 0) is 47.4 Å². The number of aromatic nitrogens is 1. The summed E-state index contributed by atoms with van der Waals surface area (Å²) >= 11 is 0. The molecule has 0 spiro atoms. The van der Waals surface area contributed by atoms with Gasteiger partial charge in [-0.2, -0.15) is 0 Å². The van der Waals surface area contributed by atoms with Crippen LogP contribution in [-0.2, 0) is 12.5 Å². The minimum Gasteiger partial charge on any atom is -0.351 e. The van der Waals surface area contributed by atoms with Crippen LogP contribution in [-0.4, -0.2) is 10.5 Å². The monoisotopic (exact) mass is 306 g/mol. The van der Waals surface area contributed by atoms with Gasteiger partial charge in [0.1, 0.15) is 0 Å². The van der Waals surface area contributed by atoms with Crippen molar-refractivity contribution in [1.29, 1.82) is 0 Å². The first-order valence-electron chi connectivity index (χ1n) is 7.81. The molecule has 3 aromatic rings. The molecule has 0 saturated carbocycles. The summed E-state index contributed by atoms with van der Waals surface area (Å²) in [5.74, 6) is -0.0826. The Bertz CT molecular complexity index is 851. The van der Waals surface area contributed by atoms with Crippen molar-refractivity contribution >= 4 is 22.5 Å². The number of carbonyl (C=O) groups is 1. The first-order valence-corrected chi connectivity index (χ1v) is 7.81. The maximum absolute atomic E-state index is 12.4. The molecule has 0 saturated heterocycles. The van der Waals surface area contributed by atoms with Gasteiger partial charge in [0, 0.05) is 35.4 Å². The van der Waals surface area contributed by atoms with Crippen LogP contribution in [0.4, 0.5) is 5.69 Å². The van der Waals surface area contributed by atoms with Crippen molar-refractivity contribution in [2.75, 3.05) is 5.32 Å². The van der Waals surface area contributed by atoms with Gasteiger partial charge in [-0.15, -0.1) is 0 Å². The predicted octanol–water partition coefficient (Wildman–Crippen LogP) is 4.73. The molecule has 0 aliphatic carbocycles. The molecule has 1 N–H and O–H groups in total. The third-order valence-corrected chi connectivity index (χ3v) is 4.16. The SMILES string of the molecule is Cn1ccc2cc(NC(=O)c3ccc(C(C)(C)C)cc3)ccc21. The van der Waals surface area contributed by atoms with E-state index >= 15 is 0 Å². The first-order chi connectivity index (χ1) is 10.8. The summed E-state index contributed by atoms with van der Waals surface area (Å²) in [5, 5.41) is 4.09. The average Bonchev–Trinajstić information content (AvgIpc) is 2.87. The zero-order valence-corrected chi connectivity index (χ0v) is 14.1. The third-order valence-electron chi connectivity index (χ3n) is 4.16.